The molecule has 3 amide bonds. The zero-order valence-corrected chi connectivity index (χ0v) is 17.9. The maximum Gasteiger partial charge on any atom is 0.321 e. The second kappa shape index (κ2) is 10.6. The Morgan fingerprint density at radius 3 is 2.79 bits per heavy atom. The van der Waals surface area contributed by atoms with Crippen LogP contribution in [-0.4, -0.2) is 40.8 Å². The van der Waals surface area contributed by atoms with E-state index in [9.17, 15) is 14.4 Å². The van der Waals surface area contributed by atoms with Gasteiger partial charge in [-0.3, -0.25) is 14.9 Å². The quantitative estimate of drug-likeness (QED) is 0.371. The highest BCUT2D eigenvalue weighted by Crippen LogP contribution is 2.29. The summed E-state index contributed by atoms with van der Waals surface area (Å²) < 4.78 is 7.25. The van der Waals surface area contributed by atoms with Crippen molar-refractivity contribution in [3.05, 3.63) is 24.3 Å². The molecule has 3 rings (SSSR count). The van der Waals surface area contributed by atoms with Crippen LogP contribution < -0.4 is 10.6 Å². The highest BCUT2D eigenvalue weighted by molar-refractivity contribution is 8.01. The Kier molecular flexibility index (Phi) is 7.88. The van der Waals surface area contributed by atoms with Gasteiger partial charge in [0.15, 0.2) is 10.4 Å². The summed E-state index contributed by atoms with van der Waals surface area (Å²) in [6.45, 7) is 1.46. The zero-order valence-electron chi connectivity index (χ0n) is 16.3. The van der Waals surface area contributed by atoms with Gasteiger partial charge in [-0.2, -0.15) is 0 Å². The lowest BCUT2D eigenvalue weighted by Gasteiger charge is -2.15. The SMILES string of the molecule is C[C@@H](OC(=O)CCCSc1nc2ccccc2s1)C(=O)NC(=O)NC1CCCC1. The number of carbonyl (C=O) groups is 3. The summed E-state index contributed by atoms with van der Waals surface area (Å²) in [7, 11) is 0. The predicted octanol–water partition coefficient (Wildman–Crippen LogP) is 3.87. The number of imide groups is 1. The Morgan fingerprint density at radius 2 is 2.03 bits per heavy atom. The molecule has 1 aliphatic rings. The first kappa shape index (κ1) is 21.6. The molecule has 2 aromatic rings. The summed E-state index contributed by atoms with van der Waals surface area (Å²) in [5, 5.41) is 5.00. The number of aromatic nitrogens is 1. The number of fused-ring (bicyclic) bond motifs is 1. The number of hydrogen-bond donors (Lipinski definition) is 2. The zero-order chi connectivity index (χ0) is 20.6. The molecule has 156 valence electrons. The van der Waals surface area contributed by atoms with Gasteiger partial charge in [-0.1, -0.05) is 36.7 Å². The fraction of sp³-hybridized carbons (Fsp3) is 0.500. The van der Waals surface area contributed by atoms with Gasteiger partial charge in [-0.25, -0.2) is 9.78 Å². The summed E-state index contributed by atoms with van der Waals surface area (Å²) >= 11 is 3.24. The average Bonchev–Trinajstić information content (AvgIpc) is 3.34. The molecule has 7 nitrogen and oxygen atoms in total. The molecular formula is C20H25N3O4S2. The molecule has 9 heteroatoms. The van der Waals surface area contributed by atoms with Crippen LogP contribution in [0.15, 0.2) is 28.6 Å². The molecule has 2 N–H and O–H groups in total. The predicted molar refractivity (Wildman–Crippen MR) is 114 cm³/mol. The van der Waals surface area contributed by atoms with Crippen LogP contribution in [0.5, 0.6) is 0 Å². The molecule has 1 saturated carbocycles. The third kappa shape index (κ3) is 6.71. The number of thioether (sulfide) groups is 1. The summed E-state index contributed by atoms with van der Waals surface area (Å²) in [6, 6.07) is 7.55. The van der Waals surface area contributed by atoms with Gasteiger partial charge in [0, 0.05) is 18.2 Å². The Balaban J connectivity index is 1.31. The fourth-order valence-corrected chi connectivity index (χ4v) is 5.18. The molecule has 1 aromatic carbocycles. The molecule has 1 heterocycles. The van der Waals surface area contributed by atoms with Crippen LogP contribution in [0.4, 0.5) is 4.79 Å². The summed E-state index contributed by atoms with van der Waals surface area (Å²) in [5.41, 5.74) is 0.983. The molecule has 0 spiro atoms. The van der Waals surface area contributed by atoms with Gasteiger partial charge in [0.05, 0.1) is 10.2 Å². The van der Waals surface area contributed by atoms with E-state index >= 15 is 0 Å². The van der Waals surface area contributed by atoms with E-state index in [1.54, 1.807) is 23.1 Å². The Morgan fingerprint density at radius 1 is 1.28 bits per heavy atom. The van der Waals surface area contributed by atoms with Crippen molar-refractivity contribution < 1.29 is 19.1 Å². The molecule has 1 fully saturated rings. The van der Waals surface area contributed by atoms with Crippen molar-refractivity contribution in [1.82, 2.24) is 15.6 Å². The van der Waals surface area contributed by atoms with Gasteiger partial charge in [-0.15, -0.1) is 11.3 Å². The summed E-state index contributed by atoms with van der Waals surface area (Å²) in [5.74, 6) is -0.328. The number of rotatable bonds is 8. The molecule has 1 atom stereocenters. The molecule has 1 aromatic heterocycles. The minimum absolute atomic E-state index is 0.119. The number of benzene rings is 1. The highest BCUT2D eigenvalue weighted by atomic mass is 32.2. The van der Waals surface area contributed by atoms with Gasteiger partial charge in [0.25, 0.3) is 5.91 Å². The molecule has 0 unspecified atom stereocenters. The van der Waals surface area contributed by atoms with E-state index in [1.807, 2.05) is 24.3 Å². The Bertz CT molecular complexity index is 831. The van der Waals surface area contributed by atoms with E-state index in [0.717, 1.165) is 46.0 Å². The number of hydrogen-bond acceptors (Lipinski definition) is 7. The third-order valence-electron chi connectivity index (χ3n) is 4.63. The van der Waals surface area contributed by atoms with Crippen LogP contribution in [0.2, 0.25) is 0 Å². The Labute approximate surface area is 178 Å². The van der Waals surface area contributed by atoms with E-state index in [2.05, 4.69) is 15.6 Å². The van der Waals surface area contributed by atoms with E-state index in [4.69, 9.17) is 4.74 Å². The maximum atomic E-state index is 12.0. The molecule has 0 bridgehead atoms. The molecule has 1 aliphatic carbocycles. The van der Waals surface area contributed by atoms with Crippen molar-refractivity contribution >= 4 is 51.2 Å². The van der Waals surface area contributed by atoms with Gasteiger partial charge >= 0.3 is 12.0 Å². The number of nitrogens with one attached hydrogen (secondary N) is 2. The normalized spacial score (nSPS) is 15.2. The molecule has 0 saturated heterocycles. The van der Waals surface area contributed by atoms with Gasteiger partial charge in [-0.05, 0) is 38.3 Å². The largest absolute Gasteiger partial charge is 0.453 e. The smallest absolute Gasteiger partial charge is 0.321 e. The van der Waals surface area contributed by atoms with Crippen molar-refractivity contribution in [3.8, 4) is 0 Å². The maximum absolute atomic E-state index is 12.0. The van der Waals surface area contributed by atoms with Crippen molar-refractivity contribution in [2.24, 2.45) is 0 Å². The van der Waals surface area contributed by atoms with Crippen molar-refractivity contribution in [3.63, 3.8) is 0 Å². The monoisotopic (exact) mass is 435 g/mol. The molecular weight excluding hydrogens is 410 g/mol. The topological polar surface area (TPSA) is 97.4 Å². The second-order valence-corrected chi connectivity index (χ2v) is 9.35. The Hall–Kier alpha value is -2.13. The number of nitrogens with zero attached hydrogens (tertiary/aromatic N) is 1. The first-order valence-electron chi connectivity index (χ1n) is 9.80. The number of ether oxygens (including phenoxy) is 1. The van der Waals surface area contributed by atoms with Crippen molar-refractivity contribution in [2.75, 3.05) is 5.75 Å². The van der Waals surface area contributed by atoms with Gasteiger partial charge < -0.3 is 10.1 Å². The van der Waals surface area contributed by atoms with Crippen LogP contribution in [0.25, 0.3) is 10.2 Å². The van der Waals surface area contributed by atoms with Crippen LogP contribution in [0.3, 0.4) is 0 Å². The first-order valence-corrected chi connectivity index (χ1v) is 11.6. The molecule has 0 aliphatic heterocycles. The number of para-hydroxylation sites is 1. The fourth-order valence-electron chi connectivity index (χ4n) is 3.10. The lowest BCUT2D eigenvalue weighted by Crippen LogP contribution is -2.47. The molecule has 0 radical (unpaired) electrons. The number of esters is 1. The van der Waals surface area contributed by atoms with Gasteiger partial charge in [0.2, 0.25) is 0 Å². The summed E-state index contributed by atoms with van der Waals surface area (Å²) in [4.78, 5) is 40.3. The minimum atomic E-state index is -1.01. The first-order chi connectivity index (χ1) is 14.0. The lowest BCUT2D eigenvalue weighted by molar-refractivity contribution is -0.154. The number of amides is 3. The van der Waals surface area contributed by atoms with Crippen molar-refractivity contribution in [1.29, 1.82) is 0 Å². The number of carbonyl (C=O) groups excluding carboxylic acids is 3. The van der Waals surface area contributed by atoms with E-state index in [1.165, 1.54) is 6.92 Å². The van der Waals surface area contributed by atoms with Crippen LogP contribution in [-0.2, 0) is 14.3 Å². The summed E-state index contributed by atoms with van der Waals surface area (Å²) in [6.07, 6.45) is 3.87. The lowest BCUT2D eigenvalue weighted by atomic mass is 10.2. The van der Waals surface area contributed by atoms with E-state index < -0.39 is 24.0 Å². The third-order valence-corrected chi connectivity index (χ3v) is 6.90. The van der Waals surface area contributed by atoms with Gasteiger partial charge in [0.1, 0.15) is 0 Å². The standard InChI is InChI=1S/C20H25N3O4S2/c1-13(18(25)23-19(26)21-14-7-2-3-8-14)27-17(24)11-6-12-28-20-22-15-9-4-5-10-16(15)29-20/h4-5,9-10,13-14H,2-3,6-8,11-12H2,1H3,(H2,21,23,25,26)/t13-/m1/s1. The van der Waals surface area contributed by atoms with Crippen molar-refractivity contribution in [2.45, 2.75) is 61.9 Å². The van der Waals surface area contributed by atoms with E-state index in [0.29, 0.717) is 6.42 Å². The average molecular weight is 436 g/mol. The van der Waals surface area contributed by atoms with Crippen LogP contribution in [0, 0.1) is 0 Å². The van der Waals surface area contributed by atoms with Crippen LogP contribution >= 0.6 is 23.1 Å². The van der Waals surface area contributed by atoms with Crippen LogP contribution in [0.1, 0.15) is 45.4 Å². The van der Waals surface area contributed by atoms with E-state index in [-0.39, 0.29) is 12.5 Å². The molecule has 29 heavy (non-hydrogen) atoms. The minimum Gasteiger partial charge on any atom is -0.453 e. The number of urea groups is 1. The second-order valence-electron chi connectivity index (χ2n) is 6.98. The number of thiazole rings is 1. The highest BCUT2D eigenvalue weighted by Gasteiger charge is 2.22.